The average Bonchev–Trinajstić information content (AvgIpc) is 2.97. The number of hydrogen-bond acceptors (Lipinski definition) is 6. The van der Waals surface area contributed by atoms with Gasteiger partial charge in [0.1, 0.15) is 0 Å². The number of aromatic nitrogens is 4. The molecule has 1 saturated heterocycles. The van der Waals surface area contributed by atoms with E-state index in [1.807, 2.05) is 29.8 Å². The molecule has 7 nitrogen and oxygen atoms in total. The number of nitrogens with zero attached hydrogens (tertiary/aromatic N) is 5. The number of hydrogen-bond donors (Lipinski definition) is 2. The van der Waals surface area contributed by atoms with Gasteiger partial charge < -0.3 is 20.5 Å². The number of aryl methyl sites for hydroxylation is 1. The first-order valence-corrected chi connectivity index (χ1v) is 8.94. The van der Waals surface area contributed by atoms with Gasteiger partial charge in [-0.2, -0.15) is 13.2 Å². The summed E-state index contributed by atoms with van der Waals surface area (Å²) in [5, 5.41) is 3.13. The predicted octanol–water partition coefficient (Wildman–Crippen LogP) is 3.05. The molecule has 3 heterocycles. The van der Waals surface area contributed by atoms with Gasteiger partial charge in [0.05, 0.1) is 16.6 Å². The Bertz CT molecular complexity index is 981. The van der Waals surface area contributed by atoms with Crippen molar-refractivity contribution in [1.82, 2.24) is 19.5 Å². The van der Waals surface area contributed by atoms with Crippen LogP contribution in [-0.4, -0.2) is 38.7 Å². The van der Waals surface area contributed by atoms with Crippen LogP contribution >= 0.6 is 0 Å². The van der Waals surface area contributed by atoms with Gasteiger partial charge in [0, 0.05) is 44.3 Å². The number of fused-ring (bicyclic) bond motifs is 1. The van der Waals surface area contributed by atoms with Crippen LogP contribution in [0.15, 0.2) is 30.6 Å². The van der Waals surface area contributed by atoms with Crippen LogP contribution in [0.4, 0.5) is 30.8 Å². The number of rotatable bonds is 3. The molecule has 0 radical (unpaired) electrons. The highest BCUT2D eigenvalue weighted by Gasteiger charge is 2.31. The molecule has 0 aliphatic carbocycles. The molecule has 1 fully saturated rings. The van der Waals surface area contributed by atoms with Crippen LogP contribution in [0.2, 0.25) is 0 Å². The monoisotopic (exact) mass is 391 g/mol. The molecule has 148 valence electrons. The van der Waals surface area contributed by atoms with E-state index in [-0.39, 0.29) is 12.0 Å². The summed E-state index contributed by atoms with van der Waals surface area (Å²) >= 11 is 0. The molecular formula is C18H20F3N7. The number of nitrogen functional groups attached to an aromatic ring is 1. The van der Waals surface area contributed by atoms with Gasteiger partial charge in [-0.15, -0.1) is 0 Å². The number of anilines is 3. The molecule has 0 bridgehead atoms. The lowest BCUT2D eigenvalue weighted by atomic mass is 10.1. The van der Waals surface area contributed by atoms with E-state index < -0.39 is 11.7 Å². The van der Waals surface area contributed by atoms with Crippen molar-refractivity contribution in [3.05, 3.63) is 36.2 Å². The van der Waals surface area contributed by atoms with Crippen LogP contribution in [0.3, 0.4) is 0 Å². The molecule has 4 rings (SSSR count). The Balaban J connectivity index is 1.50. The maximum atomic E-state index is 12.6. The molecule has 3 N–H and O–H groups in total. The van der Waals surface area contributed by atoms with Crippen LogP contribution in [0.5, 0.6) is 0 Å². The summed E-state index contributed by atoms with van der Waals surface area (Å²) in [6.45, 7) is 1.50. The average molecular weight is 391 g/mol. The van der Waals surface area contributed by atoms with Crippen LogP contribution in [0, 0.1) is 0 Å². The molecule has 0 amide bonds. The largest absolute Gasteiger partial charge is 0.419 e. The number of nitrogens with one attached hydrogen (secondary N) is 1. The fourth-order valence-electron chi connectivity index (χ4n) is 3.50. The summed E-state index contributed by atoms with van der Waals surface area (Å²) in [4.78, 5) is 14.5. The van der Waals surface area contributed by atoms with Gasteiger partial charge in [0.25, 0.3) is 0 Å². The van der Waals surface area contributed by atoms with E-state index >= 15 is 0 Å². The third-order valence-electron chi connectivity index (χ3n) is 4.90. The molecule has 1 unspecified atom stereocenters. The van der Waals surface area contributed by atoms with Crippen molar-refractivity contribution in [1.29, 1.82) is 0 Å². The maximum absolute atomic E-state index is 12.6. The zero-order chi connectivity index (χ0) is 19.9. The molecule has 1 aromatic carbocycles. The number of imidazole rings is 1. The first-order chi connectivity index (χ1) is 13.3. The maximum Gasteiger partial charge on any atom is 0.419 e. The number of benzene rings is 1. The molecule has 28 heavy (non-hydrogen) atoms. The lowest BCUT2D eigenvalue weighted by molar-refractivity contribution is -0.138. The van der Waals surface area contributed by atoms with Crippen molar-refractivity contribution < 1.29 is 13.2 Å². The summed E-state index contributed by atoms with van der Waals surface area (Å²) < 4.78 is 40.0. The minimum Gasteiger partial charge on any atom is -0.399 e. The van der Waals surface area contributed by atoms with E-state index in [1.165, 1.54) is 0 Å². The highest BCUT2D eigenvalue weighted by atomic mass is 19.4. The molecule has 10 heteroatoms. The first-order valence-electron chi connectivity index (χ1n) is 8.94. The zero-order valence-electron chi connectivity index (χ0n) is 15.2. The van der Waals surface area contributed by atoms with Gasteiger partial charge in [-0.05, 0) is 31.0 Å². The van der Waals surface area contributed by atoms with Crippen LogP contribution in [0.1, 0.15) is 18.4 Å². The van der Waals surface area contributed by atoms with Gasteiger partial charge in [-0.3, -0.25) is 0 Å². The smallest absolute Gasteiger partial charge is 0.399 e. The Morgan fingerprint density at radius 3 is 2.68 bits per heavy atom. The van der Waals surface area contributed by atoms with Crippen molar-refractivity contribution in [2.45, 2.75) is 25.1 Å². The number of piperidine rings is 1. The normalized spacial score (nSPS) is 17.9. The molecule has 1 aliphatic rings. The fourth-order valence-corrected chi connectivity index (χ4v) is 3.50. The van der Waals surface area contributed by atoms with Crippen LogP contribution in [-0.2, 0) is 13.2 Å². The summed E-state index contributed by atoms with van der Waals surface area (Å²) in [6.07, 6.45) is -1.05. The summed E-state index contributed by atoms with van der Waals surface area (Å²) in [7, 11) is 1.96. The van der Waals surface area contributed by atoms with Crippen molar-refractivity contribution >= 4 is 28.6 Å². The summed E-state index contributed by atoms with van der Waals surface area (Å²) in [6, 6.07) is 5.64. The van der Waals surface area contributed by atoms with E-state index in [1.54, 1.807) is 0 Å². The molecule has 1 atom stereocenters. The summed E-state index contributed by atoms with van der Waals surface area (Å²) in [5.41, 5.74) is 7.48. The van der Waals surface area contributed by atoms with Gasteiger partial charge >= 0.3 is 6.18 Å². The third-order valence-corrected chi connectivity index (χ3v) is 4.90. The van der Waals surface area contributed by atoms with Crippen molar-refractivity contribution in [3.63, 3.8) is 0 Å². The first kappa shape index (κ1) is 18.3. The molecule has 1 aliphatic heterocycles. The van der Waals surface area contributed by atoms with E-state index in [2.05, 4.69) is 20.2 Å². The lowest BCUT2D eigenvalue weighted by Crippen LogP contribution is -2.43. The quantitative estimate of drug-likeness (QED) is 0.668. The van der Waals surface area contributed by atoms with Gasteiger partial charge in [0.15, 0.2) is 0 Å². The van der Waals surface area contributed by atoms with Crippen molar-refractivity contribution in [2.24, 2.45) is 7.05 Å². The molecule has 0 spiro atoms. The van der Waals surface area contributed by atoms with Crippen LogP contribution in [0.25, 0.3) is 11.0 Å². The fraction of sp³-hybridized carbons (Fsp3) is 0.389. The number of nitrogens with two attached hydrogens (primary N) is 1. The van der Waals surface area contributed by atoms with E-state index in [9.17, 15) is 13.2 Å². The summed E-state index contributed by atoms with van der Waals surface area (Å²) in [5.74, 6) is 1.03. The third kappa shape index (κ3) is 3.54. The Morgan fingerprint density at radius 1 is 1.21 bits per heavy atom. The Hall–Kier alpha value is -3.04. The standard InChI is InChI=1S/C18H20F3N7/c1-27-15-5-4-12(22)7-14(15)26-17(27)28-6-2-3-13(10-28)25-16-23-8-11(9-24-16)18(19,20)21/h4-5,7-9,13H,2-3,6,10,22H2,1H3,(H,23,24,25). The zero-order valence-corrected chi connectivity index (χ0v) is 15.2. The second kappa shape index (κ2) is 6.84. The molecule has 0 saturated carbocycles. The Labute approximate surface area is 159 Å². The molecular weight excluding hydrogens is 371 g/mol. The van der Waals surface area contributed by atoms with E-state index in [4.69, 9.17) is 10.7 Å². The van der Waals surface area contributed by atoms with Gasteiger partial charge in [-0.1, -0.05) is 0 Å². The Morgan fingerprint density at radius 2 is 1.96 bits per heavy atom. The second-order valence-corrected chi connectivity index (χ2v) is 6.94. The van der Waals surface area contributed by atoms with E-state index in [0.717, 1.165) is 48.8 Å². The van der Waals surface area contributed by atoms with Gasteiger partial charge in [0.2, 0.25) is 11.9 Å². The minimum atomic E-state index is -4.44. The van der Waals surface area contributed by atoms with E-state index in [0.29, 0.717) is 12.2 Å². The Kier molecular flexibility index (Phi) is 4.48. The molecule has 3 aromatic rings. The molecule has 2 aromatic heterocycles. The predicted molar refractivity (Wildman–Crippen MR) is 101 cm³/mol. The van der Waals surface area contributed by atoms with Crippen molar-refractivity contribution in [2.75, 3.05) is 29.0 Å². The highest BCUT2D eigenvalue weighted by molar-refractivity contribution is 5.82. The van der Waals surface area contributed by atoms with Crippen molar-refractivity contribution in [3.8, 4) is 0 Å². The lowest BCUT2D eigenvalue weighted by Gasteiger charge is -2.33. The van der Waals surface area contributed by atoms with Crippen LogP contribution < -0.4 is 16.0 Å². The SMILES string of the molecule is Cn1c(N2CCCC(Nc3ncc(C(F)(F)F)cn3)C2)nc2cc(N)ccc21. The highest BCUT2D eigenvalue weighted by Crippen LogP contribution is 2.29. The number of alkyl halides is 3. The minimum absolute atomic E-state index is 0.00960. The second-order valence-electron chi connectivity index (χ2n) is 6.94. The topological polar surface area (TPSA) is 84.9 Å². The van der Waals surface area contributed by atoms with Gasteiger partial charge in [-0.25, -0.2) is 15.0 Å². The number of halogens is 3.